The maximum absolute atomic E-state index is 12.5. The van der Waals surface area contributed by atoms with Gasteiger partial charge in [-0.3, -0.25) is 10.1 Å². The lowest BCUT2D eigenvalue weighted by atomic mass is 10.1. The molecule has 0 aliphatic heterocycles. The number of aryl methyl sites for hydroxylation is 4. The van der Waals surface area contributed by atoms with Crippen LogP contribution in [0.5, 0.6) is 0 Å². The molecule has 2 N–H and O–H groups in total. The molecule has 0 radical (unpaired) electrons. The van der Waals surface area contributed by atoms with Crippen molar-refractivity contribution in [3.63, 3.8) is 0 Å². The second-order valence-electron chi connectivity index (χ2n) is 7.74. The van der Waals surface area contributed by atoms with Crippen molar-refractivity contribution in [3.05, 3.63) is 82.4 Å². The summed E-state index contributed by atoms with van der Waals surface area (Å²) in [5.41, 5.74) is 8.14. The van der Waals surface area contributed by atoms with E-state index in [0.717, 1.165) is 44.6 Å². The molecule has 0 saturated heterocycles. The monoisotopic (exact) mass is 429 g/mol. The average molecular weight is 430 g/mol. The Morgan fingerprint density at radius 2 is 1.74 bits per heavy atom. The van der Waals surface area contributed by atoms with Crippen molar-refractivity contribution >= 4 is 40.0 Å². The van der Waals surface area contributed by atoms with Crippen LogP contribution in [0.4, 0.5) is 5.69 Å². The molecule has 0 aliphatic rings. The first-order valence-electron chi connectivity index (χ1n) is 9.98. The van der Waals surface area contributed by atoms with Crippen LogP contribution in [0, 0.1) is 27.7 Å². The molecule has 0 bridgehead atoms. The number of carbonyl (C=O) groups is 1. The predicted molar refractivity (Wildman–Crippen MR) is 129 cm³/mol. The number of thiocarbonyl (C=S) groups is 1. The molecule has 31 heavy (non-hydrogen) atoms. The van der Waals surface area contributed by atoms with E-state index in [1.54, 1.807) is 6.07 Å². The van der Waals surface area contributed by atoms with Crippen LogP contribution in [0.1, 0.15) is 32.6 Å². The van der Waals surface area contributed by atoms with Gasteiger partial charge in [-0.1, -0.05) is 18.2 Å². The van der Waals surface area contributed by atoms with E-state index in [0.29, 0.717) is 11.5 Å². The Kier molecular flexibility index (Phi) is 5.57. The Morgan fingerprint density at radius 3 is 2.52 bits per heavy atom. The first-order chi connectivity index (χ1) is 14.8. The zero-order valence-corrected chi connectivity index (χ0v) is 18.7. The number of amides is 1. The Labute approximate surface area is 186 Å². The van der Waals surface area contributed by atoms with E-state index in [4.69, 9.17) is 16.6 Å². The van der Waals surface area contributed by atoms with Crippen LogP contribution < -0.4 is 10.6 Å². The third-order valence-corrected chi connectivity index (χ3v) is 5.39. The number of rotatable bonds is 3. The molecule has 6 heteroatoms. The third-order valence-electron chi connectivity index (χ3n) is 5.18. The van der Waals surface area contributed by atoms with Crippen molar-refractivity contribution in [3.8, 4) is 11.5 Å². The normalized spacial score (nSPS) is 10.8. The van der Waals surface area contributed by atoms with E-state index in [2.05, 4.69) is 21.7 Å². The van der Waals surface area contributed by atoms with Crippen LogP contribution >= 0.6 is 12.2 Å². The molecule has 5 nitrogen and oxygen atoms in total. The van der Waals surface area contributed by atoms with Crippen molar-refractivity contribution in [2.45, 2.75) is 27.7 Å². The Morgan fingerprint density at radius 1 is 0.935 bits per heavy atom. The number of hydrogen-bond donors (Lipinski definition) is 2. The number of anilines is 1. The molecule has 0 fully saturated rings. The summed E-state index contributed by atoms with van der Waals surface area (Å²) in [6, 6.07) is 17.2. The van der Waals surface area contributed by atoms with Crippen LogP contribution in [-0.4, -0.2) is 16.0 Å². The van der Waals surface area contributed by atoms with Gasteiger partial charge in [0.2, 0.25) is 5.89 Å². The summed E-state index contributed by atoms with van der Waals surface area (Å²) in [6.45, 7) is 8.04. The smallest absolute Gasteiger partial charge is 0.257 e. The summed E-state index contributed by atoms with van der Waals surface area (Å²) < 4.78 is 6.00. The zero-order chi connectivity index (χ0) is 22.1. The second kappa shape index (κ2) is 8.32. The topological polar surface area (TPSA) is 67.2 Å². The Balaban J connectivity index is 1.51. The van der Waals surface area contributed by atoms with Gasteiger partial charge in [-0.25, -0.2) is 4.98 Å². The fourth-order valence-corrected chi connectivity index (χ4v) is 3.66. The quantitative estimate of drug-likeness (QED) is 0.400. The summed E-state index contributed by atoms with van der Waals surface area (Å²) in [4.78, 5) is 17.1. The average Bonchev–Trinajstić information content (AvgIpc) is 3.14. The minimum absolute atomic E-state index is 0.226. The maximum atomic E-state index is 12.5. The van der Waals surface area contributed by atoms with Crippen LogP contribution in [0.3, 0.4) is 0 Å². The van der Waals surface area contributed by atoms with E-state index in [9.17, 15) is 4.79 Å². The molecule has 0 unspecified atom stereocenters. The summed E-state index contributed by atoms with van der Waals surface area (Å²) in [5, 5.41) is 6.02. The molecule has 0 spiro atoms. The molecule has 4 rings (SSSR count). The molecule has 156 valence electrons. The van der Waals surface area contributed by atoms with Gasteiger partial charge in [-0.2, -0.15) is 0 Å². The molecule has 4 aromatic rings. The van der Waals surface area contributed by atoms with E-state index in [-0.39, 0.29) is 11.0 Å². The van der Waals surface area contributed by atoms with Gasteiger partial charge in [0.1, 0.15) is 5.52 Å². The van der Waals surface area contributed by atoms with Crippen molar-refractivity contribution in [1.82, 2.24) is 10.3 Å². The fourth-order valence-electron chi connectivity index (χ4n) is 3.45. The van der Waals surface area contributed by atoms with Crippen LogP contribution in [0.15, 0.2) is 59.0 Å². The maximum Gasteiger partial charge on any atom is 0.257 e. The van der Waals surface area contributed by atoms with Gasteiger partial charge in [-0.15, -0.1) is 0 Å². The van der Waals surface area contributed by atoms with Gasteiger partial charge in [0.25, 0.3) is 5.91 Å². The lowest BCUT2D eigenvalue weighted by Gasteiger charge is -2.11. The molecule has 0 saturated carbocycles. The minimum Gasteiger partial charge on any atom is -0.436 e. The minimum atomic E-state index is -0.249. The third kappa shape index (κ3) is 4.49. The van der Waals surface area contributed by atoms with Crippen molar-refractivity contribution in [2.24, 2.45) is 0 Å². The second-order valence-corrected chi connectivity index (χ2v) is 8.15. The van der Waals surface area contributed by atoms with Crippen LogP contribution in [0.2, 0.25) is 0 Å². The van der Waals surface area contributed by atoms with Gasteiger partial charge in [0, 0.05) is 16.8 Å². The van der Waals surface area contributed by atoms with Crippen LogP contribution in [-0.2, 0) is 0 Å². The molecular formula is C25H23N3O2S. The summed E-state index contributed by atoms with van der Waals surface area (Å²) in [5.74, 6) is 0.291. The van der Waals surface area contributed by atoms with E-state index < -0.39 is 0 Å². The number of oxazole rings is 1. The highest BCUT2D eigenvalue weighted by Gasteiger charge is 2.13. The number of benzene rings is 3. The SMILES string of the molecule is Cc1cc(C)c2oc(-c3cccc(NC(=S)NC(=O)c4ccc(C)c(C)c4)c3)nc2c1. The van der Waals surface area contributed by atoms with Crippen molar-refractivity contribution in [1.29, 1.82) is 0 Å². The first kappa shape index (κ1) is 20.8. The highest BCUT2D eigenvalue weighted by atomic mass is 32.1. The van der Waals surface area contributed by atoms with E-state index >= 15 is 0 Å². The van der Waals surface area contributed by atoms with Gasteiger partial charge in [0.05, 0.1) is 0 Å². The molecular weight excluding hydrogens is 406 g/mol. The number of nitrogens with one attached hydrogen (secondary N) is 2. The van der Waals surface area contributed by atoms with Crippen molar-refractivity contribution in [2.75, 3.05) is 5.32 Å². The summed E-state index contributed by atoms with van der Waals surface area (Å²) >= 11 is 5.33. The zero-order valence-electron chi connectivity index (χ0n) is 17.9. The number of carbonyl (C=O) groups excluding carboxylic acids is 1. The molecule has 1 amide bonds. The number of nitrogens with zero attached hydrogens (tertiary/aromatic N) is 1. The largest absolute Gasteiger partial charge is 0.436 e. The first-order valence-corrected chi connectivity index (χ1v) is 10.4. The summed E-state index contributed by atoms with van der Waals surface area (Å²) in [6.07, 6.45) is 0. The van der Waals surface area contributed by atoms with E-state index in [1.807, 2.05) is 70.2 Å². The Bertz CT molecular complexity index is 1320. The number of hydrogen-bond acceptors (Lipinski definition) is 4. The molecule has 0 aliphatic carbocycles. The molecule has 0 atom stereocenters. The lowest BCUT2D eigenvalue weighted by Crippen LogP contribution is -2.34. The van der Waals surface area contributed by atoms with Gasteiger partial charge >= 0.3 is 0 Å². The highest BCUT2D eigenvalue weighted by Crippen LogP contribution is 2.28. The van der Waals surface area contributed by atoms with Gasteiger partial charge < -0.3 is 9.73 Å². The Hall–Kier alpha value is -3.51. The number of aromatic nitrogens is 1. The van der Waals surface area contributed by atoms with Gasteiger partial charge in [0.15, 0.2) is 10.7 Å². The molecule has 1 aromatic heterocycles. The predicted octanol–water partition coefficient (Wildman–Crippen LogP) is 5.86. The van der Waals surface area contributed by atoms with Crippen LogP contribution in [0.25, 0.3) is 22.6 Å². The fraction of sp³-hybridized carbons (Fsp3) is 0.160. The lowest BCUT2D eigenvalue weighted by molar-refractivity contribution is 0.0977. The number of fused-ring (bicyclic) bond motifs is 1. The highest BCUT2D eigenvalue weighted by molar-refractivity contribution is 7.80. The van der Waals surface area contributed by atoms with Crippen molar-refractivity contribution < 1.29 is 9.21 Å². The summed E-state index contributed by atoms with van der Waals surface area (Å²) in [7, 11) is 0. The standard InChI is InChI=1S/C25H23N3O2S/c1-14-10-17(4)22-21(11-14)27-24(30-22)19-6-5-7-20(13-19)26-25(31)28-23(29)18-9-8-15(2)16(3)12-18/h5-13H,1-4H3,(H2,26,28,29,31). The van der Waals surface area contributed by atoms with E-state index in [1.165, 1.54) is 0 Å². The molecule has 3 aromatic carbocycles. The molecule has 1 heterocycles. The van der Waals surface area contributed by atoms with Gasteiger partial charge in [-0.05, 0) is 98.6 Å².